The molecule has 0 saturated carbocycles. The molecule has 166 valence electrons. The van der Waals surface area contributed by atoms with Crippen molar-refractivity contribution >= 4 is 39.4 Å². The second kappa shape index (κ2) is 10.2. The van der Waals surface area contributed by atoms with Gasteiger partial charge in [0.15, 0.2) is 0 Å². The van der Waals surface area contributed by atoms with Crippen molar-refractivity contribution in [3.8, 4) is 11.5 Å². The standard InChI is InChI=1S/C18H19ClN4O7S/c1-22(31(27,28)17-9-14(29-2)5-7-16(17)30-3)11-18(24)21-20-10-12-8-13(23(25)26)4-6-15(12)19/h4-10H,11H2,1-3H3,(H,21,24). The van der Waals surface area contributed by atoms with Crippen molar-refractivity contribution in [2.24, 2.45) is 5.10 Å². The Labute approximate surface area is 183 Å². The fourth-order valence-corrected chi connectivity index (χ4v) is 3.85. The second-order valence-electron chi connectivity index (χ2n) is 6.03. The third-order valence-corrected chi connectivity index (χ3v) is 6.18. The lowest BCUT2D eigenvalue weighted by Gasteiger charge is -2.18. The molecule has 2 rings (SSSR count). The van der Waals surface area contributed by atoms with Crippen LogP contribution in [-0.2, 0) is 14.8 Å². The van der Waals surface area contributed by atoms with Crippen LogP contribution in [-0.4, -0.2) is 57.6 Å². The summed E-state index contributed by atoms with van der Waals surface area (Å²) < 4.78 is 36.7. The Balaban J connectivity index is 2.11. The summed E-state index contributed by atoms with van der Waals surface area (Å²) in [5.41, 5.74) is 2.16. The van der Waals surface area contributed by atoms with Gasteiger partial charge in [-0.05, 0) is 18.2 Å². The molecule has 0 bridgehead atoms. The number of rotatable bonds is 9. The zero-order chi connectivity index (χ0) is 23.2. The van der Waals surface area contributed by atoms with E-state index in [1.54, 1.807) is 6.07 Å². The number of amides is 1. The molecule has 0 atom stereocenters. The number of hydrazone groups is 1. The van der Waals surface area contributed by atoms with Crippen molar-refractivity contribution in [3.05, 3.63) is 57.1 Å². The summed E-state index contributed by atoms with van der Waals surface area (Å²) in [5.74, 6) is -0.354. The molecule has 0 aliphatic carbocycles. The van der Waals surface area contributed by atoms with Crippen molar-refractivity contribution in [2.45, 2.75) is 4.90 Å². The molecule has 0 saturated heterocycles. The summed E-state index contributed by atoms with van der Waals surface area (Å²) in [7, 11) is -0.161. The monoisotopic (exact) mass is 470 g/mol. The van der Waals surface area contributed by atoms with Crippen LogP contribution in [0.25, 0.3) is 0 Å². The Bertz CT molecular complexity index is 1120. The van der Waals surface area contributed by atoms with Gasteiger partial charge in [-0.15, -0.1) is 0 Å². The number of benzene rings is 2. The van der Waals surface area contributed by atoms with Crippen molar-refractivity contribution in [3.63, 3.8) is 0 Å². The number of nitro groups is 1. The Hall–Kier alpha value is -3.22. The van der Waals surface area contributed by atoms with Crippen LogP contribution >= 0.6 is 11.6 Å². The maximum absolute atomic E-state index is 12.8. The maximum Gasteiger partial charge on any atom is 0.270 e. The lowest BCUT2D eigenvalue weighted by Crippen LogP contribution is -2.36. The number of sulfonamides is 1. The molecule has 0 aromatic heterocycles. The largest absolute Gasteiger partial charge is 0.497 e. The van der Waals surface area contributed by atoms with Crippen LogP contribution in [0.2, 0.25) is 5.02 Å². The van der Waals surface area contributed by atoms with Crippen LogP contribution in [0.4, 0.5) is 5.69 Å². The van der Waals surface area contributed by atoms with Crippen LogP contribution in [0.3, 0.4) is 0 Å². The molecule has 0 radical (unpaired) electrons. The number of halogens is 1. The normalized spacial score (nSPS) is 11.5. The van der Waals surface area contributed by atoms with E-state index in [0.29, 0.717) is 5.75 Å². The number of hydrogen-bond donors (Lipinski definition) is 1. The summed E-state index contributed by atoms with van der Waals surface area (Å²) in [4.78, 5) is 22.2. The number of nitrogens with zero attached hydrogens (tertiary/aromatic N) is 3. The highest BCUT2D eigenvalue weighted by Crippen LogP contribution is 2.30. The van der Waals surface area contributed by atoms with Crippen LogP contribution in [0, 0.1) is 10.1 Å². The lowest BCUT2D eigenvalue weighted by atomic mass is 10.2. The van der Waals surface area contributed by atoms with E-state index in [1.807, 2.05) is 0 Å². The third kappa shape index (κ3) is 5.90. The Morgan fingerprint density at radius 1 is 1.26 bits per heavy atom. The summed E-state index contributed by atoms with van der Waals surface area (Å²) in [6.45, 7) is -0.553. The molecule has 0 aliphatic rings. The van der Waals surface area contributed by atoms with Gasteiger partial charge in [0, 0.05) is 35.8 Å². The van der Waals surface area contributed by atoms with Gasteiger partial charge in [-0.25, -0.2) is 13.8 Å². The summed E-state index contributed by atoms with van der Waals surface area (Å²) >= 11 is 5.95. The van der Waals surface area contributed by atoms with Crippen molar-refractivity contribution in [1.82, 2.24) is 9.73 Å². The molecular weight excluding hydrogens is 452 g/mol. The Morgan fingerprint density at radius 2 is 1.97 bits per heavy atom. The molecule has 0 spiro atoms. The number of ether oxygens (including phenoxy) is 2. The molecule has 0 fully saturated rings. The fourth-order valence-electron chi connectivity index (χ4n) is 2.39. The number of likely N-dealkylation sites (N-methyl/N-ethyl adjacent to an activating group) is 1. The highest BCUT2D eigenvalue weighted by atomic mass is 35.5. The van der Waals surface area contributed by atoms with E-state index in [0.717, 1.165) is 10.5 Å². The number of nitro benzene ring substituents is 1. The molecule has 1 N–H and O–H groups in total. The molecule has 0 aliphatic heterocycles. The zero-order valence-electron chi connectivity index (χ0n) is 16.7. The Morgan fingerprint density at radius 3 is 2.58 bits per heavy atom. The minimum Gasteiger partial charge on any atom is -0.497 e. The first-order valence-corrected chi connectivity index (χ1v) is 10.4. The molecule has 0 unspecified atom stereocenters. The van der Waals surface area contributed by atoms with Gasteiger partial charge in [0.25, 0.3) is 11.6 Å². The number of hydrogen-bond acceptors (Lipinski definition) is 8. The third-order valence-electron chi connectivity index (χ3n) is 4.01. The van der Waals surface area contributed by atoms with Gasteiger partial charge < -0.3 is 9.47 Å². The topological polar surface area (TPSA) is 140 Å². The average Bonchev–Trinajstić information content (AvgIpc) is 2.74. The molecule has 2 aromatic rings. The first-order chi connectivity index (χ1) is 14.6. The first kappa shape index (κ1) is 24.1. The van der Waals surface area contributed by atoms with E-state index in [4.69, 9.17) is 21.1 Å². The van der Waals surface area contributed by atoms with Gasteiger partial charge in [-0.2, -0.15) is 9.41 Å². The highest BCUT2D eigenvalue weighted by Gasteiger charge is 2.27. The van der Waals surface area contributed by atoms with E-state index in [1.165, 1.54) is 51.6 Å². The number of nitrogens with one attached hydrogen (secondary N) is 1. The summed E-state index contributed by atoms with van der Waals surface area (Å²) in [6.07, 6.45) is 1.12. The molecule has 0 heterocycles. The van der Waals surface area contributed by atoms with E-state index in [2.05, 4.69) is 10.5 Å². The number of carbonyl (C=O) groups is 1. The summed E-state index contributed by atoms with van der Waals surface area (Å²) in [6, 6.07) is 8.00. The molecule has 1 amide bonds. The van der Waals surface area contributed by atoms with Gasteiger partial charge in [-0.3, -0.25) is 14.9 Å². The van der Waals surface area contributed by atoms with Crippen LogP contribution in [0.15, 0.2) is 46.4 Å². The minimum absolute atomic E-state index is 0.0893. The van der Waals surface area contributed by atoms with Gasteiger partial charge in [0.1, 0.15) is 16.4 Å². The van der Waals surface area contributed by atoms with E-state index < -0.39 is 27.4 Å². The molecule has 13 heteroatoms. The predicted molar refractivity (Wildman–Crippen MR) is 113 cm³/mol. The minimum atomic E-state index is -4.09. The van der Waals surface area contributed by atoms with Crippen LogP contribution in [0.1, 0.15) is 5.56 Å². The van der Waals surface area contributed by atoms with Crippen molar-refractivity contribution in [1.29, 1.82) is 0 Å². The SMILES string of the molecule is COc1ccc(OC)c(S(=O)(=O)N(C)CC(=O)NN=Cc2cc([N+](=O)[O-])ccc2Cl)c1. The van der Waals surface area contributed by atoms with E-state index in [-0.39, 0.29) is 26.9 Å². The quantitative estimate of drug-likeness (QED) is 0.336. The zero-order valence-corrected chi connectivity index (χ0v) is 18.3. The number of carbonyl (C=O) groups excluding carboxylic acids is 1. The second-order valence-corrected chi connectivity index (χ2v) is 8.45. The van der Waals surface area contributed by atoms with E-state index >= 15 is 0 Å². The maximum atomic E-state index is 12.8. The van der Waals surface area contributed by atoms with Crippen molar-refractivity contribution in [2.75, 3.05) is 27.8 Å². The first-order valence-electron chi connectivity index (χ1n) is 8.54. The van der Waals surface area contributed by atoms with Gasteiger partial charge in [0.05, 0.1) is 31.9 Å². The average molecular weight is 471 g/mol. The highest BCUT2D eigenvalue weighted by molar-refractivity contribution is 7.89. The smallest absolute Gasteiger partial charge is 0.270 e. The number of methoxy groups -OCH3 is 2. The Kier molecular flexibility index (Phi) is 7.91. The van der Waals surface area contributed by atoms with Gasteiger partial charge in [-0.1, -0.05) is 11.6 Å². The van der Waals surface area contributed by atoms with E-state index in [9.17, 15) is 23.3 Å². The van der Waals surface area contributed by atoms with Crippen LogP contribution in [0.5, 0.6) is 11.5 Å². The fraction of sp³-hybridized carbons (Fsp3) is 0.222. The molecular formula is C18H19ClN4O7S. The van der Waals surface area contributed by atoms with Crippen molar-refractivity contribution < 1.29 is 27.6 Å². The molecule has 11 nitrogen and oxygen atoms in total. The molecule has 2 aromatic carbocycles. The number of non-ortho nitro benzene ring substituents is 1. The summed E-state index contributed by atoms with van der Waals surface area (Å²) in [5, 5.41) is 14.7. The lowest BCUT2D eigenvalue weighted by molar-refractivity contribution is -0.384. The van der Waals surface area contributed by atoms with Gasteiger partial charge >= 0.3 is 0 Å². The molecule has 31 heavy (non-hydrogen) atoms. The van der Waals surface area contributed by atoms with Crippen LogP contribution < -0.4 is 14.9 Å². The van der Waals surface area contributed by atoms with Gasteiger partial charge in [0.2, 0.25) is 10.0 Å². The predicted octanol–water partition coefficient (Wildman–Crippen LogP) is 2.04.